The molecule has 0 amide bonds. The van der Waals surface area contributed by atoms with Gasteiger partial charge in [0.25, 0.3) is 5.69 Å². The average Bonchev–Trinajstić information content (AvgIpc) is 3.17. The van der Waals surface area contributed by atoms with E-state index in [1.54, 1.807) is 6.07 Å². The van der Waals surface area contributed by atoms with Gasteiger partial charge in [0, 0.05) is 24.0 Å². The van der Waals surface area contributed by atoms with E-state index >= 15 is 0 Å². The SMILES string of the molecule is O=[N+]([O-])c1cc(CBr)ccc1N1CCCC1C1CCCC1. The fourth-order valence-electron chi connectivity index (χ4n) is 3.97. The molecule has 2 aliphatic rings. The number of nitrogens with zero attached hydrogens (tertiary/aromatic N) is 2. The Hall–Kier alpha value is -1.10. The fraction of sp³-hybridized carbons (Fsp3) is 0.625. The predicted molar refractivity (Wildman–Crippen MR) is 88.1 cm³/mol. The van der Waals surface area contributed by atoms with Gasteiger partial charge in [-0.2, -0.15) is 0 Å². The Labute approximate surface area is 133 Å². The van der Waals surface area contributed by atoms with Crippen molar-refractivity contribution in [1.82, 2.24) is 0 Å². The molecule has 3 rings (SSSR count). The molecule has 1 aromatic carbocycles. The topological polar surface area (TPSA) is 46.4 Å². The third-order valence-electron chi connectivity index (χ3n) is 4.94. The summed E-state index contributed by atoms with van der Waals surface area (Å²) in [4.78, 5) is 13.5. The molecule has 1 unspecified atom stereocenters. The van der Waals surface area contributed by atoms with E-state index in [2.05, 4.69) is 20.8 Å². The average molecular weight is 353 g/mol. The molecule has 0 N–H and O–H groups in total. The number of benzene rings is 1. The van der Waals surface area contributed by atoms with Crippen LogP contribution in [0.5, 0.6) is 0 Å². The maximum absolute atomic E-state index is 11.4. The Bertz CT molecular complexity index is 529. The van der Waals surface area contributed by atoms with Gasteiger partial charge in [-0.3, -0.25) is 10.1 Å². The van der Waals surface area contributed by atoms with Gasteiger partial charge in [-0.25, -0.2) is 0 Å². The number of halogens is 1. The van der Waals surface area contributed by atoms with Gasteiger partial charge in [0.05, 0.1) is 4.92 Å². The molecular formula is C16H21BrN2O2. The predicted octanol–water partition coefficient (Wildman–Crippen LogP) is 4.65. The molecule has 1 aromatic rings. The van der Waals surface area contributed by atoms with Crippen LogP contribution in [0.15, 0.2) is 18.2 Å². The van der Waals surface area contributed by atoms with E-state index in [-0.39, 0.29) is 10.6 Å². The van der Waals surface area contributed by atoms with Crippen molar-refractivity contribution in [2.24, 2.45) is 5.92 Å². The zero-order chi connectivity index (χ0) is 14.8. The Kier molecular flexibility index (Phi) is 4.48. The van der Waals surface area contributed by atoms with Gasteiger partial charge < -0.3 is 4.90 Å². The molecule has 1 heterocycles. The second kappa shape index (κ2) is 6.34. The number of alkyl halides is 1. The van der Waals surface area contributed by atoms with Crippen LogP contribution in [0.2, 0.25) is 0 Å². The van der Waals surface area contributed by atoms with Gasteiger partial charge in [0.1, 0.15) is 5.69 Å². The van der Waals surface area contributed by atoms with Crippen LogP contribution in [0, 0.1) is 16.0 Å². The van der Waals surface area contributed by atoms with E-state index in [0.29, 0.717) is 11.4 Å². The highest BCUT2D eigenvalue weighted by atomic mass is 79.9. The van der Waals surface area contributed by atoms with Crippen LogP contribution < -0.4 is 4.90 Å². The third kappa shape index (κ3) is 2.93. The summed E-state index contributed by atoms with van der Waals surface area (Å²) in [5.74, 6) is 0.725. The monoisotopic (exact) mass is 352 g/mol. The lowest BCUT2D eigenvalue weighted by Gasteiger charge is -2.31. The lowest BCUT2D eigenvalue weighted by atomic mass is 9.95. The lowest BCUT2D eigenvalue weighted by molar-refractivity contribution is -0.384. The number of anilines is 1. The Morgan fingerprint density at radius 3 is 2.67 bits per heavy atom. The van der Waals surface area contributed by atoms with Crippen LogP contribution in [-0.4, -0.2) is 17.5 Å². The number of hydrogen-bond donors (Lipinski definition) is 0. The smallest absolute Gasteiger partial charge is 0.292 e. The van der Waals surface area contributed by atoms with Crippen LogP contribution in [0.3, 0.4) is 0 Å². The molecular weight excluding hydrogens is 332 g/mol. The number of rotatable bonds is 4. The maximum atomic E-state index is 11.4. The first-order valence-corrected chi connectivity index (χ1v) is 8.93. The minimum Gasteiger partial charge on any atom is -0.363 e. The second-order valence-electron chi connectivity index (χ2n) is 6.16. The van der Waals surface area contributed by atoms with Crippen LogP contribution in [-0.2, 0) is 5.33 Å². The van der Waals surface area contributed by atoms with Gasteiger partial charge in [-0.1, -0.05) is 34.8 Å². The van der Waals surface area contributed by atoms with Crippen molar-refractivity contribution in [3.8, 4) is 0 Å². The fourth-order valence-corrected chi connectivity index (χ4v) is 4.31. The number of nitro groups is 1. The summed E-state index contributed by atoms with van der Waals surface area (Å²) in [5.41, 5.74) is 2.04. The minimum absolute atomic E-state index is 0.231. The first kappa shape index (κ1) is 14.8. The highest BCUT2D eigenvalue weighted by molar-refractivity contribution is 9.08. The molecule has 1 aliphatic heterocycles. The Morgan fingerprint density at radius 2 is 2.00 bits per heavy atom. The zero-order valence-corrected chi connectivity index (χ0v) is 13.7. The highest BCUT2D eigenvalue weighted by Crippen LogP contribution is 2.41. The van der Waals surface area contributed by atoms with E-state index < -0.39 is 0 Å². The Balaban J connectivity index is 1.92. The molecule has 4 nitrogen and oxygen atoms in total. The number of nitro benzene ring substituents is 1. The van der Waals surface area contributed by atoms with Gasteiger partial charge in [0.2, 0.25) is 0 Å². The van der Waals surface area contributed by atoms with Crippen molar-refractivity contribution >= 4 is 27.3 Å². The molecule has 0 spiro atoms. The van der Waals surface area contributed by atoms with Gasteiger partial charge in [-0.05, 0) is 43.2 Å². The third-order valence-corrected chi connectivity index (χ3v) is 5.59. The molecule has 1 saturated carbocycles. The van der Waals surface area contributed by atoms with Crippen LogP contribution in [0.4, 0.5) is 11.4 Å². The minimum atomic E-state index is -0.231. The molecule has 0 radical (unpaired) electrons. The summed E-state index contributed by atoms with van der Waals surface area (Å²) in [7, 11) is 0. The van der Waals surface area contributed by atoms with E-state index in [4.69, 9.17) is 0 Å². The van der Waals surface area contributed by atoms with Crippen LogP contribution >= 0.6 is 15.9 Å². The molecule has 5 heteroatoms. The first-order chi connectivity index (χ1) is 10.2. The van der Waals surface area contributed by atoms with Crippen molar-refractivity contribution in [3.05, 3.63) is 33.9 Å². The van der Waals surface area contributed by atoms with Gasteiger partial charge in [0.15, 0.2) is 0 Å². The first-order valence-electron chi connectivity index (χ1n) is 7.80. The summed E-state index contributed by atoms with van der Waals surface area (Å²) in [6.45, 7) is 0.954. The number of hydrogen-bond acceptors (Lipinski definition) is 3. The van der Waals surface area contributed by atoms with E-state index in [0.717, 1.165) is 30.1 Å². The lowest BCUT2D eigenvalue weighted by Crippen LogP contribution is -2.35. The summed E-state index contributed by atoms with van der Waals surface area (Å²) >= 11 is 3.38. The van der Waals surface area contributed by atoms with Crippen molar-refractivity contribution in [1.29, 1.82) is 0 Å². The van der Waals surface area contributed by atoms with Crippen LogP contribution in [0.1, 0.15) is 44.1 Å². The maximum Gasteiger partial charge on any atom is 0.292 e. The van der Waals surface area contributed by atoms with Crippen LogP contribution in [0.25, 0.3) is 0 Å². The van der Waals surface area contributed by atoms with Gasteiger partial charge in [-0.15, -0.1) is 0 Å². The summed E-state index contributed by atoms with van der Waals surface area (Å²) < 4.78 is 0. The highest BCUT2D eigenvalue weighted by Gasteiger charge is 2.35. The summed E-state index contributed by atoms with van der Waals surface area (Å²) in [6, 6.07) is 6.16. The molecule has 1 aliphatic carbocycles. The second-order valence-corrected chi connectivity index (χ2v) is 6.72. The summed E-state index contributed by atoms with van der Waals surface area (Å²) in [6.07, 6.45) is 7.54. The molecule has 21 heavy (non-hydrogen) atoms. The van der Waals surface area contributed by atoms with E-state index in [9.17, 15) is 10.1 Å². The van der Waals surface area contributed by atoms with E-state index in [1.165, 1.54) is 32.1 Å². The van der Waals surface area contributed by atoms with Crippen molar-refractivity contribution in [2.75, 3.05) is 11.4 Å². The normalized spacial score (nSPS) is 22.9. The largest absolute Gasteiger partial charge is 0.363 e. The molecule has 0 bridgehead atoms. The molecule has 114 valence electrons. The van der Waals surface area contributed by atoms with Gasteiger partial charge >= 0.3 is 0 Å². The van der Waals surface area contributed by atoms with Crippen molar-refractivity contribution in [2.45, 2.75) is 49.9 Å². The zero-order valence-electron chi connectivity index (χ0n) is 12.1. The Morgan fingerprint density at radius 1 is 1.24 bits per heavy atom. The molecule has 2 fully saturated rings. The van der Waals surface area contributed by atoms with E-state index in [1.807, 2.05) is 12.1 Å². The molecule has 0 aromatic heterocycles. The quantitative estimate of drug-likeness (QED) is 0.450. The molecule has 1 atom stereocenters. The summed E-state index contributed by atoms with van der Waals surface area (Å²) in [5, 5.41) is 12.1. The van der Waals surface area contributed by atoms with Crippen molar-refractivity contribution in [3.63, 3.8) is 0 Å². The van der Waals surface area contributed by atoms with Crippen molar-refractivity contribution < 1.29 is 4.92 Å². The molecule has 1 saturated heterocycles. The standard InChI is InChI=1S/C16H21BrN2O2/c17-11-12-7-8-15(16(10-12)19(20)21)18-9-3-6-14(18)13-4-1-2-5-13/h7-8,10,13-14H,1-6,9,11H2.